The summed E-state index contributed by atoms with van der Waals surface area (Å²) in [5, 5.41) is 0. The molecule has 23 heavy (non-hydrogen) atoms. The number of likely N-dealkylation sites (N-methyl/N-ethyl adjacent to an activating group) is 1. The van der Waals surface area contributed by atoms with Gasteiger partial charge >= 0.3 is 0 Å². The van der Waals surface area contributed by atoms with E-state index in [1.54, 1.807) is 37.5 Å². The van der Waals surface area contributed by atoms with E-state index in [0.717, 1.165) is 17.7 Å². The van der Waals surface area contributed by atoms with Crippen molar-refractivity contribution in [2.75, 3.05) is 20.8 Å². The van der Waals surface area contributed by atoms with E-state index in [4.69, 9.17) is 13.9 Å². The Morgan fingerprint density at radius 1 is 1.35 bits per heavy atom. The molecule has 0 N–H and O–H groups in total. The SMILES string of the molecule is C=CCc1ccc(OCC(=O)N(C)Cc2ccco2)c(OC)c1. The molecule has 0 aliphatic rings. The Hall–Kier alpha value is -2.69. The van der Waals surface area contributed by atoms with E-state index in [1.165, 1.54) is 0 Å². The van der Waals surface area contributed by atoms with Crippen LogP contribution in [0, 0.1) is 0 Å². The van der Waals surface area contributed by atoms with Gasteiger partial charge in [0.15, 0.2) is 18.1 Å². The first-order valence-electron chi connectivity index (χ1n) is 7.31. The van der Waals surface area contributed by atoms with Crippen LogP contribution in [0.3, 0.4) is 0 Å². The molecule has 0 aliphatic heterocycles. The van der Waals surface area contributed by atoms with Gasteiger partial charge in [0.05, 0.1) is 19.9 Å². The number of hydrogen-bond donors (Lipinski definition) is 0. The van der Waals surface area contributed by atoms with Gasteiger partial charge in [-0.05, 0) is 36.2 Å². The van der Waals surface area contributed by atoms with Crippen LogP contribution >= 0.6 is 0 Å². The van der Waals surface area contributed by atoms with E-state index in [1.807, 2.05) is 24.3 Å². The van der Waals surface area contributed by atoms with Gasteiger partial charge in [-0.25, -0.2) is 0 Å². The van der Waals surface area contributed by atoms with E-state index in [0.29, 0.717) is 18.0 Å². The first kappa shape index (κ1) is 16.7. The van der Waals surface area contributed by atoms with Crippen molar-refractivity contribution in [3.8, 4) is 11.5 Å². The Labute approximate surface area is 136 Å². The van der Waals surface area contributed by atoms with E-state index < -0.39 is 0 Å². The Kier molecular flexibility index (Phi) is 5.86. The fourth-order valence-electron chi connectivity index (χ4n) is 2.10. The fourth-order valence-corrected chi connectivity index (χ4v) is 2.10. The molecule has 1 aromatic carbocycles. The van der Waals surface area contributed by atoms with E-state index in [9.17, 15) is 4.79 Å². The van der Waals surface area contributed by atoms with Crippen LogP contribution in [0.2, 0.25) is 0 Å². The number of benzene rings is 1. The minimum Gasteiger partial charge on any atom is -0.493 e. The summed E-state index contributed by atoms with van der Waals surface area (Å²) in [5.74, 6) is 1.73. The highest BCUT2D eigenvalue weighted by Crippen LogP contribution is 2.28. The highest BCUT2D eigenvalue weighted by atomic mass is 16.5. The third-order valence-corrected chi connectivity index (χ3v) is 3.36. The van der Waals surface area contributed by atoms with Gasteiger partial charge in [0, 0.05) is 7.05 Å². The maximum absolute atomic E-state index is 12.1. The highest BCUT2D eigenvalue weighted by Gasteiger charge is 2.13. The highest BCUT2D eigenvalue weighted by molar-refractivity contribution is 5.77. The molecule has 0 aliphatic carbocycles. The molecule has 0 saturated carbocycles. The van der Waals surface area contributed by atoms with Crippen molar-refractivity contribution in [3.63, 3.8) is 0 Å². The molecular weight excluding hydrogens is 294 g/mol. The van der Waals surface area contributed by atoms with Crippen LogP contribution in [-0.2, 0) is 17.8 Å². The van der Waals surface area contributed by atoms with Crippen molar-refractivity contribution >= 4 is 5.91 Å². The second-order valence-electron chi connectivity index (χ2n) is 5.10. The van der Waals surface area contributed by atoms with Crippen LogP contribution in [0.1, 0.15) is 11.3 Å². The van der Waals surface area contributed by atoms with Crippen LogP contribution < -0.4 is 9.47 Å². The van der Waals surface area contributed by atoms with E-state index in [2.05, 4.69) is 6.58 Å². The Bertz CT molecular complexity index is 649. The van der Waals surface area contributed by atoms with Crippen LogP contribution in [0.4, 0.5) is 0 Å². The van der Waals surface area contributed by atoms with Crippen LogP contribution in [0.5, 0.6) is 11.5 Å². The lowest BCUT2D eigenvalue weighted by Crippen LogP contribution is -2.30. The number of nitrogens with zero attached hydrogens (tertiary/aromatic N) is 1. The smallest absolute Gasteiger partial charge is 0.260 e. The number of furan rings is 1. The summed E-state index contributed by atoms with van der Waals surface area (Å²) < 4.78 is 16.1. The molecule has 0 radical (unpaired) electrons. The van der Waals surface area contributed by atoms with Crippen molar-refractivity contribution in [3.05, 3.63) is 60.6 Å². The fraction of sp³-hybridized carbons (Fsp3) is 0.278. The summed E-state index contributed by atoms with van der Waals surface area (Å²) in [7, 11) is 3.28. The second kappa shape index (κ2) is 8.08. The number of amides is 1. The molecule has 0 unspecified atom stereocenters. The molecular formula is C18H21NO4. The largest absolute Gasteiger partial charge is 0.493 e. The zero-order chi connectivity index (χ0) is 16.7. The number of allylic oxidation sites excluding steroid dienone is 1. The predicted octanol–water partition coefficient (Wildman–Crippen LogP) is 3.05. The third-order valence-electron chi connectivity index (χ3n) is 3.36. The standard InChI is InChI=1S/C18H21NO4/c1-4-6-14-8-9-16(17(11-14)21-3)23-13-18(20)19(2)12-15-7-5-10-22-15/h4-5,7-11H,1,6,12-13H2,2-3H3. The Balaban J connectivity index is 1.94. The quantitative estimate of drug-likeness (QED) is 0.703. The van der Waals surface area contributed by atoms with Crippen molar-refractivity contribution in [2.24, 2.45) is 0 Å². The van der Waals surface area contributed by atoms with Gasteiger partial charge in [0.1, 0.15) is 5.76 Å². The van der Waals surface area contributed by atoms with E-state index in [-0.39, 0.29) is 12.5 Å². The van der Waals surface area contributed by atoms with Crippen molar-refractivity contribution in [1.29, 1.82) is 0 Å². The number of carbonyl (C=O) groups excluding carboxylic acids is 1. The molecule has 1 aromatic heterocycles. The molecule has 1 heterocycles. The summed E-state index contributed by atoms with van der Waals surface area (Å²) in [6.07, 6.45) is 4.16. The molecule has 0 saturated heterocycles. The van der Waals surface area contributed by atoms with Gasteiger partial charge < -0.3 is 18.8 Å². The van der Waals surface area contributed by atoms with Crippen LogP contribution in [0.15, 0.2) is 53.7 Å². The van der Waals surface area contributed by atoms with Gasteiger partial charge in [0.25, 0.3) is 5.91 Å². The lowest BCUT2D eigenvalue weighted by atomic mass is 10.1. The van der Waals surface area contributed by atoms with Gasteiger partial charge in [-0.15, -0.1) is 6.58 Å². The van der Waals surface area contributed by atoms with Gasteiger partial charge in [0.2, 0.25) is 0 Å². The Morgan fingerprint density at radius 2 is 2.17 bits per heavy atom. The first-order chi connectivity index (χ1) is 11.1. The summed E-state index contributed by atoms with van der Waals surface area (Å²) >= 11 is 0. The third kappa shape index (κ3) is 4.64. The minimum atomic E-state index is -0.140. The Morgan fingerprint density at radius 3 is 2.83 bits per heavy atom. The van der Waals surface area contributed by atoms with Crippen molar-refractivity contribution in [2.45, 2.75) is 13.0 Å². The lowest BCUT2D eigenvalue weighted by molar-refractivity contribution is -0.132. The molecule has 2 rings (SSSR count). The summed E-state index contributed by atoms with van der Waals surface area (Å²) in [6, 6.07) is 9.23. The minimum absolute atomic E-state index is 0.0611. The molecule has 1 amide bonds. The van der Waals surface area contributed by atoms with Crippen molar-refractivity contribution in [1.82, 2.24) is 4.90 Å². The number of rotatable bonds is 8. The van der Waals surface area contributed by atoms with Crippen LogP contribution in [0.25, 0.3) is 0 Å². The summed E-state index contributed by atoms with van der Waals surface area (Å²) in [4.78, 5) is 13.7. The van der Waals surface area contributed by atoms with Crippen molar-refractivity contribution < 1.29 is 18.7 Å². The molecule has 0 fully saturated rings. The number of methoxy groups -OCH3 is 1. The maximum Gasteiger partial charge on any atom is 0.260 e. The maximum atomic E-state index is 12.1. The predicted molar refractivity (Wildman–Crippen MR) is 87.6 cm³/mol. The molecule has 5 nitrogen and oxygen atoms in total. The molecule has 2 aromatic rings. The topological polar surface area (TPSA) is 51.9 Å². The average molecular weight is 315 g/mol. The van der Waals surface area contributed by atoms with E-state index >= 15 is 0 Å². The normalized spacial score (nSPS) is 10.2. The zero-order valence-electron chi connectivity index (χ0n) is 13.5. The lowest BCUT2D eigenvalue weighted by Gasteiger charge is -2.17. The molecule has 5 heteroatoms. The average Bonchev–Trinajstić information content (AvgIpc) is 3.06. The summed E-state index contributed by atoms with van der Waals surface area (Å²) in [6.45, 7) is 4.06. The number of carbonyl (C=O) groups is 1. The molecule has 0 atom stereocenters. The second-order valence-corrected chi connectivity index (χ2v) is 5.10. The first-order valence-corrected chi connectivity index (χ1v) is 7.31. The number of hydrogen-bond acceptors (Lipinski definition) is 4. The number of ether oxygens (including phenoxy) is 2. The van der Waals surface area contributed by atoms with Gasteiger partial charge in [-0.1, -0.05) is 12.1 Å². The molecule has 122 valence electrons. The summed E-state index contributed by atoms with van der Waals surface area (Å²) in [5.41, 5.74) is 1.07. The van der Waals surface area contributed by atoms with Gasteiger partial charge in [-0.3, -0.25) is 4.79 Å². The van der Waals surface area contributed by atoms with Crippen LogP contribution in [-0.4, -0.2) is 31.6 Å². The zero-order valence-corrected chi connectivity index (χ0v) is 13.5. The van der Waals surface area contributed by atoms with Gasteiger partial charge in [-0.2, -0.15) is 0 Å². The molecule has 0 spiro atoms. The molecule has 0 bridgehead atoms. The monoisotopic (exact) mass is 315 g/mol.